The average molecular weight is 1770 g/mol. The van der Waals surface area contributed by atoms with Gasteiger partial charge >= 0.3 is 0 Å². The van der Waals surface area contributed by atoms with E-state index in [0.29, 0.717) is 67.1 Å². The number of nitrogens with zero attached hydrogens (tertiary/aromatic N) is 10. The fraction of sp³-hybridized carbons (Fsp3) is 0.345. The first-order valence-corrected chi connectivity index (χ1v) is 49.8. The zero-order chi connectivity index (χ0) is 90.7. The van der Waals surface area contributed by atoms with E-state index in [9.17, 15) is 0 Å². The SMILES string of the molecule is Cc1cc2oc3ccccc3c2cc1N1C2CCC(CC2)N(C)C1C.Cc1cc2oc3ccccc3c2cc1N1C2CCC(c3ccccc32)N(C)C1C.Cc1cc2oc3ccccc3c2cc1N1C2CCCN(CC2)C1C.Cc1cc2oc3ccccc3c2cc1N1C2CCN(Cc3ccccc32)C1C.Cc1cc2oc3ccccc3c2cc1N1C2CCN(c3ccccc3C2)C1C. The third kappa shape index (κ3) is 14.2. The normalized spacial score (nSPS) is 24.7. The van der Waals surface area contributed by atoms with Crippen LogP contribution in [0.15, 0.2) is 277 Å². The smallest absolute Gasteiger partial charge is 0.135 e. The van der Waals surface area contributed by atoms with Crippen molar-refractivity contribution in [2.45, 2.75) is 226 Å². The highest BCUT2D eigenvalue weighted by atomic mass is 16.3. The molecule has 15 aliphatic rings. The number of para-hydroxylation sites is 6. The molecule has 0 spiro atoms. The van der Waals surface area contributed by atoms with Crippen LogP contribution in [0.25, 0.3) is 110 Å². The van der Waals surface area contributed by atoms with Crippen molar-refractivity contribution in [2.75, 3.05) is 69.7 Å². The maximum atomic E-state index is 6.14. The lowest BCUT2D eigenvalue weighted by Crippen LogP contribution is -2.56. The van der Waals surface area contributed by atoms with Gasteiger partial charge in [0.2, 0.25) is 0 Å². The Kier molecular flexibility index (Phi) is 21.3. The predicted molar refractivity (Wildman–Crippen MR) is 554 cm³/mol. The number of fused-ring (bicyclic) bond motifs is 30. The van der Waals surface area contributed by atoms with Crippen molar-refractivity contribution in [1.82, 2.24) is 19.6 Å². The highest BCUT2D eigenvalue weighted by Crippen LogP contribution is 2.53. The van der Waals surface area contributed by atoms with E-state index in [-0.39, 0.29) is 0 Å². The standard InChI is InChI=1S/C26H26N2O.2C25H24N2O.C22H26N2O.C21H24N2O/c1-16-14-26-21(20-10-6-7-11-25(20)29-26)15-24(16)28-17(2)27(3)22-12-13-23(28)19-9-5-4-8-18(19)22;1-16-13-25-21(20-8-4-6-10-24(20)28-25)15-23(16)27-17(2)26-12-11-19(27)14-18-7-3-5-9-22(18)26;1-16-13-25-21(20-9-5-6-10-24(20)28-25)14-23(16)27-17(2)26-12-11-22(27)19-8-4-3-7-18(19)15-26;1-14-12-22-19(18-6-4-5-7-21(18)25-22)13-20(14)24-15(2)23(3)16-8-10-17(24)11-9-16;1-14-12-21-18(17-7-3-4-8-20(17)24-21)13-19(14)23-15(2)22-10-5-6-16(23)9-11-22/h4-11,14-15,17,22-23H,12-13H2,1-3H3;3-10,13,15,17,19H,11-12,14H2,1-2H3;3-10,13-14,17,22H,11-12,15H2,1-2H3;4-7,12-13,15-17H,8-11H2,1-3H3;3-4,7-8,12-13,15-16H,5-6,9-11H2,1-2H3. The van der Waals surface area contributed by atoms with Gasteiger partial charge in [-0.2, -0.15) is 0 Å². The highest BCUT2D eigenvalue weighted by molar-refractivity contribution is 6.11. The maximum Gasteiger partial charge on any atom is 0.135 e. The molecule has 9 fully saturated rings. The quantitative estimate of drug-likeness (QED) is 0.163. The Morgan fingerprint density at radius 2 is 0.582 bits per heavy atom. The molecule has 5 aromatic heterocycles. The first-order chi connectivity index (χ1) is 65.4. The molecule has 1 saturated carbocycles. The van der Waals surface area contributed by atoms with Crippen LogP contribution in [0.5, 0.6) is 0 Å². The lowest BCUT2D eigenvalue weighted by Gasteiger charge is -2.47. The molecular formula is C119H124N10O5. The molecule has 10 bridgehead atoms. The molecule has 13 aliphatic heterocycles. The van der Waals surface area contributed by atoms with Crippen molar-refractivity contribution in [3.05, 3.63) is 310 Å². The van der Waals surface area contributed by atoms with Crippen molar-refractivity contribution in [3.63, 3.8) is 0 Å². The van der Waals surface area contributed by atoms with E-state index >= 15 is 0 Å². The van der Waals surface area contributed by atoms with Gasteiger partial charge in [-0.3, -0.25) is 19.6 Å². The first-order valence-electron chi connectivity index (χ1n) is 49.8. The van der Waals surface area contributed by atoms with Gasteiger partial charge in [0.1, 0.15) is 55.8 Å². The van der Waals surface area contributed by atoms with Crippen molar-refractivity contribution in [2.24, 2.45) is 0 Å². The molecule has 8 saturated heterocycles. The maximum absolute atomic E-state index is 6.14. The summed E-state index contributed by atoms with van der Waals surface area (Å²) in [4.78, 5) is 26.3. The molecule has 18 heterocycles. The van der Waals surface area contributed by atoms with Crippen molar-refractivity contribution < 1.29 is 22.1 Å². The van der Waals surface area contributed by atoms with Crippen LogP contribution >= 0.6 is 0 Å². The van der Waals surface area contributed by atoms with Crippen molar-refractivity contribution >= 4 is 144 Å². The van der Waals surface area contributed by atoms with Crippen LogP contribution in [-0.4, -0.2) is 115 Å². The summed E-state index contributed by atoms with van der Waals surface area (Å²) in [5.41, 5.74) is 31.9. The zero-order valence-electron chi connectivity index (χ0n) is 79.7. The van der Waals surface area contributed by atoms with Crippen LogP contribution < -0.4 is 29.4 Å². The average Bonchev–Trinajstić information content (AvgIpc) is 1.56. The Bertz CT molecular complexity index is 7540. The van der Waals surface area contributed by atoms with Crippen molar-refractivity contribution in [1.29, 1.82) is 0 Å². The van der Waals surface area contributed by atoms with Gasteiger partial charge in [0.15, 0.2) is 0 Å². The second kappa shape index (κ2) is 33.8. The van der Waals surface area contributed by atoms with E-state index in [2.05, 4.69) is 357 Å². The van der Waals surface area contributed by atoms with Crippen LogP contribution in [-0.2, 0) is 13.0 Å². The van der Waals surface area contributed by atoms with E-state index in [0.717, 1.165) is 87.9 Å². The predicted octanol–water partition coefficient (Wildman–Crippen LogP) is 28.7. The summed E-state index contributed by atoms with van der Waals surface area (Å²) in [6.07, 6.45) is 17.1. The van der Waals surface area contributed by atoms with Gasteiger partial charge in [0, 0.05) is 151 Å². The van der Waals surface area contributed by atoms with E-state index in [1.165, 1.54) is 227 Å². The molecule has 13 aromatic carbocycles. The van der Waals surface area contributed by atoms with Gasteiger partial charge in [-0.25, -0.2) is 0 Å². The Hall–Kier alpha value is -12.5. The second-order valence-electron chi connectivity index (χ2n) is 40.5. The topological polar surface area (TPSA) is 98.1 Å². The summed E-state index contributed by atoms with van der Waals surface area (Å²) >= 11 is 0. The van der Waals surface area contributed by atoms with Crippen LogP contribution in [0.3, 0.4) is 0 Å². The minimum absolute atomic E-state index is 0.328. The summed E-state index contributed by atoms with van der Waals surface area (Å²) in [5, 5.41) is 12.2. The zero-order valence-corrected chi connectivity index (χ0v) is 79.7. The molecule has 12 unspecified atom stereocenters. The van der Waals surface area contributed by atoms with Gasteiger partial charge in [-0.15, -0.1) is 0 Å². The summed E-state index contributed by atoms with van der Waals surface area (Å²) in [6, 6.07) is 95.7. The van der Waals surface area contributed by atoms with Crippen LogP contribution in [0.4, 0.5) is 34.1 Å². The fourth-order valence-electron chi connectivity index (χ4n) is 26.2. The Balaban J connectivity index is 0.0000000921. The molecule has 12 atom stereocenters. The Labute approximate surface area is 786 Å². The first kappa shape index (κ1) is 84.5. The summed E-state index contributed by atoms with van der Waals surface area (Å²) in [7, 11) is 4.59. The van der Waals surface area contributed by atoms with E-state index in [1.54, 1.807) is 0 Å². The molecule has 0 radical (unpaired) electrons. The molecule has 18 aromatic rings. The number of benzene rings is 13. The molecule has 2 aliphatic carbocycles. The summed E-state index contributed by atoms with van der Waals surface area (Å²) in [6.45, 7) is 28.7. The fourth-order valence-corrected chi connectivity index (χ4v) is 26.2. The molecule has 15 heteroatoms. The monoisotopic (exact) mass is 1770 g/mol. The van der Waals surface area contributed by atoms with Gasteiger partial charge < -0.3 is 51.5 Å². The molecule has 0 N–H and O–H groups in total. The highest BCUT2D eigenvalue weighted by Gasteiger charge is 2.46. The third-order valence-corrected chi connectivity index (χ3v) is 33.2. The van der Waals surface area contributed by atoms with Gasteiger partial charge in [-0.05, 0) is 313 Å². The molecular weight excluding hydrogens is 1650 g/mol. The number of hydrogen-bond acceptors (Lipinski definition) is 15. The van der Waals surface area contributed by atoms with Gasteiger partial charge in [0.05, 0.1) is 42.9 Å². The molecule has 134 heavy (non-hydrogen) atoms. The molecule has 680 valence electrons. The Morgan fingerprint density at radius 3 is 1.07 bits per heavy atom. The number of aryl methyl sites for hydroxylation is 5. The third-order valence-electron chi connectivity index (χ3n) is 33.2. The molecule has 33 rings (SSSR count). The van der Waals surface area contributed by atoms with E-state index in [1.807, 2.05) is 30.3 Å². The van der Waals surface area contributed by atoms with Crippen molar-refractivity contribution in [3.8, 4) is 0 Å². The minimum atomic E-state index is 0.328. The molecule has 0 amide bonds. The number of rotatable bonds is 5. The molecule has 15 nitrogen and oxygen atoms in total. The van der Waals surface area contributed by atoms with Crippen LogP contribution in [0, 0.1) is 34.6 Å². The summed E-state index contributed by atoms with van der Waals surface area (Å²) < 4.78 is 30.5. The summed E-state index contributed by atoms with van der Waals surface area (Å²) in [5.74, 6) is 0. The number of hydrogen-bond donors (Lipinski definition) is 0. The van der Waals surface area contributed by atoms with E-state index < -0.39 is 0 Å². The van der Waals surface area contributed by atoms with Crippen LogP contribution in [0.1, 0.15) is 179 Å². The second-order valence-corrected chi connectivity index (χ2v) is 40.5. The minimum Gasteiger partial charge on any atom is -0.456 e. The largest absolute Gasteiger partial charge is 0.456 e. The lowest BCUT2D eigenvalue weighted by atomic mass is 9.84. The van der Waals surface area contributed by atoms with Gasteiger partial charge in [-0.1, -0.05) is 158 Å². The van der Waals surface area contributed by atoms with Gasteiger partial charge in [0.25, 0.3) is 0 Å². The number of anilines is 6. The Morgan fingerprint density at radius 1 is 0.239 bits per heavy atom. The van der Waals surface area contributed by atoms with E-state index in [4.69, 9.17) is 22.1 Å². The lowest BCUT2D eigenvalue weighted by molar-refractivity contribution is 0.154. The number of furan rings is 5. The van der Waals surface area contributed by atoms with Crippen LogP contribution in [0.2, 0.25) is 0 Å².